The van der Waals surface area contributed by atoms with Crippen molar-refractivity contribution in [3.63, 3.8) is 0 Å². The van der Waals surface area contributed by atoms with Crippen LogP contribution in [0.1, 0.15) is 49.5 Å². The summed E-state index contributed by atoms with van der Waals surface area (Å²) >= 11 is 0. The summed E-state index contributed by atoms with van der Waals surface area (Å²) in [5.74, 6) is 1.55. The van der Waals surface area contributed by atoms with Gasteiger partial charge in [-0.05, 0) is 31.5 Å². The highest BCUT2D eigenvalue weighted by molar-refractivity contribution is 6.00. The Labute approximate surface area is 152 Å². The number of aromatic nitrogens is 2. The number of nitrogens with zero attached hydrogens (tertiary/aromatic N) is 2. The van der Waals surface area contributed by atoms with Crippen LogP contribution in [0, 0.1) is 0 Å². The fourth-order valence-corrected chi connectivity index (χ4v) is 2.73. The van der Waals surface area contributed by atoms with E-state index < -0.39 is 0 Å². The lowest BCUT2D eigenvalue weighted by atomic mass is 10.1. The smallest absolute Gasteiger partial charge is 0.225 e. The summed E-state index contributed by atoms with van der Waals surface area (Å²) in [5.41, 5.74) is 0.520. The predicted octanol–water partition coefficient (Wildman–Crippen LogP) is 3.23. The third kappa shape index (κ3) is 4.04. The molecule has 0 fully saturated rings. The van der Waals surface area contributed by atoms with Crippen molar-refractivity contribution in [1.82, 2.24) is 9.78 Å². The molecule has 0 spiro atoms. The van der Waals surface area contributed by atoms with Gasteiger partial charge in [0, 0.05) is 24.5 Å². The number of nitrogens with one attached hydrogen (secondary N) is 1. The summed E-state index contributed by atoms with van der Waals surface area (Å²) in [7, 11) is 0. The number of rotatable bonds is 7. The van der Waals surface area contributed by atoms with Crippen molar-refractivity contribution in [2.45, 2.75) is 39.2 Å². The molecule has 0 saturated heterocycles. The second-order valence-electron chi connectivity index (χ2n) is 6.25. The lowest BCUT2D eigenvalue weighted by Gasteiger charge is -2.18. The molecule has 1 aromatic carbocycles. The molecule has 1 atom stereocenters. The van der Waals surface area contributed by atoms with Gasteiger partial charge >= 0.3 is 0 Å². The second kappa shape index (κ2) is 8.03. The van der Waals surface area contributed by atoms with Crippen molar-refractivity contribution in [2.24, 2.45) is 0 Å². The molecule has 0 bridgehead atoms. The number of anilines is 1. The molecule has 1 unspecified atom stereocenters. The highest BCUT2D eigenvalue weighted by atomic mass is 16.6. The van der Waals surface area contributed by atoms with E-state index in [0.717, 1.165) is 6.42 Å². The minimum atomic E-state index is -0.207. The summed E-state index contributed by atoms with van der Waals surface area (Å²) in [5, 5.41) is 7.06. The van der Waals surface area contributed by atoms with E-state index >= 15 is 0 Å². The molecule has 0 radical (unpaired) electrons. The first-order chi connectivity index (χ1) is 12.6. The van der Waals surface area contributed by atoms with Crippen LogP contribution in [0.3, 0.4) is 0 Å². The molecule has 0 aliphatic carbocycles. The zero-order valence-corrected chi connectivity index (χ0v) is 15.0. The average Bonchev–Trinajstić information content (AvgIpc) is 3.13. The second-order valence-corrected chi connectivity index (χ2v) is 6.25. The summed E-state index contributed by atoms with van der Waals surface area (Å²) in [6.07, 6.45) is 2.80. The van der Waals surface area contributed by atoms with Crippen molar-refractivity contribution < 1.29 is 19.1 Å². The number of amides is 1. The van der Waals surface area contributed by atoms with Crippen LogP contribution in [0.5, 0.6) is 11.5 Å². The van der Waals surface area contributed by atoms with E-state index in [9.17, 15) is 9.59 Å². The quantitative estimate of drug-likeness (QED) is 0.769. The molecule has 7 nitrogen and oxygen atoms in total. The summed E-state index contributed by atoms with van der Waals surface area (Å²) < 4.78 is 12.7. The van der Waals surface area contributed by atoms with Crippen LogP contribution in [0.15, 0.2) is 30.5 Å². The van der Waals surface area contributed by atoms with E-state index in [1.54, 1.807) is 35.1 Å². The molecule has 2 aromatic rings. The van der Waals surface area contributed by atoms with E-state index in [1.807, 2.05) is 6.92 Å². The number of carbonyl (C=O) groups excluding carboxylic acids is 2. The molecule has 138 valence electrons. The molecule has 1 N–H and O–H groups in total. The Balaban J connectivity index is 1.56. The van der Waals surface area contributed by atoms with Crippen LogP contribution < -0.4 is 14.8 Å². The maximum Gasteiger partial charge on any atom is 0.225 e. The zero-order chi connectivity index (χ0) is 18.5. The molecular weight excluding hydrogens is 334 g/mol. The van der Waals surface area contributed by atoms with Gasteiger partial charge < -0.3 is 14.8 Å². The third-order valence-corrected chi connectivity index (χ3v) is 4.39. The first-order valence-corrected chi connectivity index (χ1v) is 8.84. The van der Waals surface area contributed by atoms with Crippen LogP contribution in [0.2, 0.25) is 0 Å². The Kier molecular flexibility index (Phi) is 5.55. The molecule has 1 aliphatic heterocycles. The lowest BCUT2D eigenvalue weighted by Crippen LogP contribution is -2.18. The van der Waals surface area contributed by atoms with Crippen molar-refractivity contribution in [3.05, 3.63) is 36.0 Å². The number of carbonyl (C=O) groups is 2. The van der Waals surface area contributed by atoms with Crippen LogP contribution in [-0.4, -0.2) is 34.7 Å². The number of ether oxygens (including phenoxy) is 2. The van der Waals surface area contributed by atoms with Crippen LogP contribution in [0.4, 0.5) is 5.82 Å². The van der Waals surface area contributed by atoms with E-state index in [2.05, 4.69) is 17.3 Å². The van der Waals surface area contributed by atoms with Gasteiger partial charge in [-0.25, -0.2) is 4.68 Å². The maximum atomic E-state index is 12.4. The number of hydrogen-bond donors (Lipinski definition) is 1. The highest BCUT2D eigenvalue weighted by Crippen LogP contribution is 2.31. The molecular formula is C19H23N3O4. The molecule has 3 rings (SSSR count). The van der Waals surface area contributed by atoms with Crippen LogP contribution >= 0.6 is 0 Å². The van der Waals surface area contributed by atoms with Gasteiger partial charge in [0.05, 0.1) is 12.2 Å². The molecule has 1 aliphatic rings. The Morgan fingerprint density at radius 1 is 1.19 bits per heavy atom. The summed E-state index contributed by atoms with van der Waals surface area (Å²) in [4.78, 5) is 24.6. The Morgan fingerprint density at radius 2 is 1.96 bits per heavy atom. The van der Waals surface area contributed by atoms with Gasteiger partial charge in [-0.3, -0.25) is 9.59 Å². The number of fused-ring (bicyclic) bond motifs is 1. The van der Waals surface area contributed by atoms with Crippen molar-refractivity contribution in [2.75, 3.05) is 18.5 Å². The highest BCUT2D eigenvalue weighted by Gasteiger charge is 2.17. The number of ketones is 1. The first kappa shape index (κ1) is 18.0. The van der Waals surface area contributed by atoms with Gasteiger partial charge in [-0.15, -0.1) is 0 Å². The predicted molar refractivity (Wildman–Crippen MR) is 96.9 cm³/mol. The van der Waals surface area contributed by atoms with E-state index in [4.69, 9.17) is 9.47 Å². The fourth-order valence-electron chi connectivity index (χ4n) is 2.73. The standard InChI is InChI=1S/C19H23N3O4/c1-3-13(2)22-18(8-9-20-22)21-19(24)7-5-15(23)14-4-6-16-17(12-14)26-11-10-25-16/h4,6,8-9,12-13H,3,5,7,10-11H2,1-2H3,(H,21,24). The Morgan fingerprint density at radius 3 is 2.73 bits per heavy atom. The zero-order valence-electron chi connectivity index (χ0n) is 15.0. The normalized spacial score (nSPS) is 13.9. The van der Waals surface area contributed by atoms with Gasteiger partial charge in [0.1, 0.15) is 19.0 Å². The molecule has 26 heavy (non-hydrogen) atoms. The largest absolute Gasteiger partial charge is 0.486 e. The van der Waals surface area contributed by atoms with E-state index in [1.165, 1.54) is 0 Å². The molecule has 7 heteroatoms. The maximum absolute atomic E-state index is 12.4. The summed E-state index contributed by atoms with van der Waals surface area (Å²) in [6, 6.07) is 7.05. The van der Waals surface area contributed by atoms with Gasteiger partial charge in [0.15, 0.2) is 17.3 Å². The van der Waals surface area contributed by atoms with Gasteiger partial charge in [-0.2, -0.15) is 5.10 Å². The first-order valence-electron chi connectivity index (χ1n) is 8.84. The minimum Gasteiger partial charge on any atom is -0.486 e. The average molecular weight is 357 g/mol. The number of hydrogen-bond acceptors (Lipinski definition) is 5. The SMILES string of the molecule is CCC(C)n1nccc1NC(=O)CCC(=O)c1ccc2c(c1)OCCO2. The third-order valence-electron chi connectivity index (χ3n) is 4.39. The van der Waals surface area contributed by atoms with Gasteiger partial charge in [0.25, 0.3) is 0 Å². The van der Waals surface area contributed by atoms with Gasteiger partial charge in [0.2, 0.25) is 5.91 Å². The molecule has 1 amide bonds. The Hall–Kier alpha value is -2.83. The summed E-state index contributed by atoms with van der Waals surface area (Å²) in [6.45, 7) is 5.07. The number of benzene rings is 1. The van der Waals surface area contributed by atoms with Gasteiger partial charge in [-0.1, -0.05) is 6.92 Å². The molecule has 1 aromatic heterocycles. The van der Waals surface area contributed by atoms with Crippen LogP contribution in [-0.2, 0) is 4.79 Å². The van der Waals surface area contributed by atoms with Crippen molar-refractivity contribution in [3.8, 4) is 11.5 Å². The fraction of sp³-hybridized carbons (Fsp3) is 0.421. The minimum absolute atomic E-state index is 0.104. The van der Waals surface area contributed by atoms with E-state index in [-0.39, 0.29) is 30.6 Å². The Bertz CT molecular complexity index is 800. The van der Waals surface area contributed by atoms with Crippen molar-refractivity contribution >= 4 is 17.5 Å². The lowest BCUT2D eigenvalue weighted by molar-refractivity contribution is -0.116. The molecule has 2 heterocycles. The van der Waals surface area contributed by atoms with Crippen LogP contribution in [0.25, 0.3) is 0 Å². The molecule has 0 saturated carbocycles. The monoisotopic (exact) mass is 357 g/mol. The van der Waals surface area contributed by atoms with Crippen molar-refractivity contribution in [1.29, 1.82) is 0 Å². The number of Topliss-reactive ketones (excluding diaryl/α,β-unsaturated/α-hetero) is 1. The van der Waals surface area contributed by atoms with E-state index in [0.29, 0.717) is 36.1 Å². The topological polar surface area (TPSA) is 82.5 Å².